The molecule has 6 amide bonds. The van der Waals surface area contributed by atoms with Crippen molar-refractivity contribution in [3.63, 3.8) is 0 Å². The number of phenolic OH excluding ortho intramolecular Hbond substituents is 1. The molecule has 0 saturated heterocycles. The topological polar surface area (TPSA) is 573 Å². The minimum atomic E-state index is -1.22. The lowest BCUT2D eigenvalue weighted by Gasteiger charge is -2.26. The number of H-pyrrole nitrogens is 3. The van der Waals surface area contributed by atoms with Crippen LogP contribution in [0.4, 0.5) is 0 Å². The van der Waals surface area contributed by atoms with E-state index in [1.54, 1.807) is 51.6 Å². The van der Waals surface area contributed by atoms with Crippen molar-refractivity contribution in [2.45, 2.75) is 265 Å². The highest BCUT2D eigenvalue weighted by molar-refractivity contribution is 5.98. The number of nitrogens with one attached hydrogen (secondary N) is 8. The Morgan fingerprint density at radius 2 is 0.839 bits per heavy atom. The zero-order chi connectivity index (χ0) is 82.9. The van der Waals surface area contributed by atoms with E-state index in [0.717, 1.165) is 30.7 Å². The molecule has 112 heavy (non-hydrogen) atoms. The van der Waals surface area contributed by atoms with Gasteiger partial charge in [0.25, 0.3) is 0 Å². The highest BCUT2D eigenvalue weighted by Gasteiger charge is 2.35. The van der Waals surface area contributed by atoms with Crippen molar-refractivity contribution >= 4 is 82.2 Å². The van der Waals surface area contributed by atoms with Crippen LogP contribution >= 0.6 is 0 Å². The number of nitrogens with two attached hydrogens (primary N) is 7. The number of imidazole rings is 3. The summed E-state index contributed by atoms with van der Waals surface area (Å²) < 4.78 is 0. The number of nitrogens with zero attached hydrogens (tertiary/aromatic N) is 6. The lowest BCUT2D eigenvalue weighted by Crippen LogP contribution is -2.48. The van der Waals surface area contributed by atoms with E-state index in [2.05, 4.69) is 78.4 Å². The number of unbranched alkanes of at least 4 members (excludes halogenated alkanes) is 12. The quantitative estimate of drug-likeness (QED) is 0.0157. The third-order valence-corrected chi connectivity index (χ3v) is 19.4. The van der Waals surface area contributed by atoms with Crippen molar-refractivity contribution in [3.05, 3.63) is 84.5 Å². The van der Waals surface area contributed by atoms with Crippen LogP contribution in [-0.2, 0) is 78.4 Å². The summed E-state index contributed by atoms with van der Waals surface area (Å²) in [6.07, 6.45) is 26.6. The predicted octanol–water partition coefficient (Wildman–Crippen LogP) is 4.98. The number of hydrogen-bond acceptors (Lipinski definition) is 18. The van der Waals surface area contributed by atoms with Crippen LogP contribution < -0.4 is 66.7 Å². The Morgan fingerprint density at radius 3 is 1.29 bits per heavy atom. The number of primary amides is 1. The number of ketones is 5. The van der Waals surface area contributed by atoms with Crippen molar-refractivity contribution in [2.24, 2.45) is 90.6 Å². The van der Waals surface area contributed by atoms with Gasteiger partial charge < -0.3 is 86.8 Å². The molecule has 3 heterocycles. The summed E-state index contributed by atoms with van der Waals surface area (Å²) in [5.74, 6) is -9.44. The number of phenols is 1. The molecule has 622 valence electrons. The molecule has 33 heteroatoms. The average Bonchev–Trinajstić information content (AvgIpc) is 0.955. The normalized spacial score (nSPS) is 13.8. The molecule has 0 bridgehead atoms. The number of amides is 6. The van der Waals surface area contributed by atoms with E-state index in [-0.39, 0.29) is 143 Å². The van der Waals surface area contributed by atoms with Gasteiger partial charge in [-0.3, -0.25) is 67.7 Å². The minimum absolute atomic E-state index is 0.0139. The second kappa shape index (κ2) is 54.3. The van der Waals surface area contributed by atoms with Crippen LogP contribution in [0.2, 0.25) is 0 Å². The van der Waals surface area contributed by atoms with E-state index in [1.165, 1.54) is 102 Å². The summed E-state index contributed by atoms with van der Waals surface area (Å²) in [7, 11) is 0. The average molecular weight is 1570 g/mol. The first-order chi connectivity index (χ1) is 53.4. The van der Waals surface area contributed by atoms with Crippen LogP contribution in [0.15, 0.2) is 76.8 Å². The number of aromatic hydroxyl groups is 1. The number of aromatic amines is 3. The number of guanidine groups is 3. The van der Waals surface area contributed by atoms with Crippen LogP contribution in [0.3, 0.4) is 0 Å². The van der Waals surface area contributed by atoms with Crippen molar-refractivity contribution < 1.29 is 57.8 Å². The molecule has 1 aromatic carbocycles. The van der Waals surface area contributed by atoms with Crippen molar-refractivity contribution in [1.82, 2.24) is 56.5 Å². The van der Waals surface area contributed by atoms with Crippen LogP contribution in [-0.4, -0.2) is 167 Å². The van der Waals surface area contributed by atoms with Crippen molar-refractivity contribution in [3.8, 4) is 5.75 Å². The minimum Gasteiger partial charge on any atom is -0.508 e. The maximum absolute atomic E-state index is 14.5. The monoisotopic (exact) mass is 1560 g/mol. The summed E-state index contributed by atoms with van der Waals surface area (Å²) in [6.45, 7) is 13.1. The number of aromatic nitrogens is 6. The predicted molar refractivity (Wildman–Crippen MR) is 431 cm³/mol. The van der Waals surface area contributed by atoms with E-state index < -0.39 is 101 Å². The molecule has 0 aliphatic rings. The molecule has 33 nitrogen and oxygen atoms in total. The maximum Gasteiger partial charge on any atom is 0.224 e. The zero-order valence-electron chi connectivity index (χ0n) is 66.9. The summed E-state index contributed by atoms with van der Waals surface area (Å²) in [5, 5.41) is 24.0. The van der Waals surface area contributed by atoms with Gasteiger partial charge in [0.2, 0.25) is 35.4 Å². The van der Waals surface area contributed by atoms with Gasteiger partial charge in [0.05, 0.1) is 55.1 Å². The van der Waals surface area contributed by atoms with Gasteiger partial charge in [-0.2, -0.15) is 0 Å². The fraction of sp³-hybridized carbons (Fsp3) is 0.633. The Bertz CT molecular complexity index is 3550. The third kappa shape index (κ3) is 40.5. The first-order valence-electron chi connectivity index (χ1n) is 39.7. The lowest BCUT2D eigenvalue weighted by atomic mass is 9.88. The highest BCUT2D eigenvalue weighted by Crippen LogP contribution is 2.23. The molecule has 10 atom stereocenters. The van der Waals surface area contributed by atoms with Crippen LogP contribution in [0.5, 0.6) is 5.75 Å². The van der Waals surface area contributed by atoms with Crippen molar-refractivity contribution in [2.75, 3.05) is 19.6 Å². The fourth-order valence-electron chi connectivity index (χ4n) is 12.7. The number of carbonyl (C=O) groups excluding carboxylic acids is 11. The molecule has 0 aliphatic carbocycles. The van der Waals surface area contributed by atoms with E-state index in [0.29, 0.717) is 43.4 Å². The number of carbonyl (C=O) groups is 11. The molecule has 0 radical (unpaired) electrons. The van der Waals surface area contributed by atoms with E-state index in [9.17, 15) is 57.8 Å². The lowest BCUT2D eigenvalue weighted by molar-refractivity contribution is -0.135. The highest BCUT2D eigenvalue weighted by atomic mass is 16.3. The zero-order valence-corrected chi connectivity index (χ0v) is 66.9. The smallest absolute Gasteiger partial charge is 0.224 e. The molecule has 0 saturated carbocycles. The largest absolute Gasteiger partial charge is 0.508 e. The number of rotatable bonds is 59. The molecule has 0 unspecified atom stereocenters. The second-order valence-corrected chi connectivity index (χ2v) is 29.6. The fourth-order valence-corrected chi connectivity index (χ4v) is 12.7. The summed E-state index contributed by atoms with van der Waals surface area (Å²) in [6, 6.07) is 1.40. The van der Waals surface area contributed by atoms with E-state index >= 15 is 0 Å². The van der Waals surface area contributed by atoms with Gasteiger partial charge >= 0.3 is 0 Å². The third-order valence-electron chi connectivity index (χ3n) is 19.4. The SMILES string of the molecule is CCCCCCCCCCCCCCCC(=O)N[C@@H](Cc1cnc[nH]1)C(=O)C[C@@H](C)C(=O)N[C@H](C(=O)CC)C(C)C.C[C@H](NC(=O)[C@@H](C)Cc1cnc[nH]1)C(=O)C[C@@H](Cc1ccc(O)cc1)C(=O)N[C@@H](CCCN=C(N)N)C(=O)C[C@@H](Cc1cnc[nH]1)C(=O)N[C@@H](CCCN=C(N)N)C(=O)C[C@@H](CCCN=C(N)N)C(N)=O. The molecule has 4 aromatic rings. The first kappa shape index (κ1) is 95.8. The Kier molecular flexibility index (Phi) is 46.5. The van der Waals surface area contributed by atoms with Crippen LogP contribution in [0, 0.1) is 35.5 Å². The molecule has 0 aliphatic heterocycles. The van der Waals surface area contributed by atoms with Gasteiger partial charge in [-0.05, 0) is 81.9 Å². The molecule has 4 rings (SSSR count). The molecular weight excluding hydrogens is 1440 g/mol. The van der Waals surface area contributed by atoms with E-state index in [1.807, 2.05) is 13.8 Å². The van der Waals surface area contributed by atoms with Gasteiger partial charge in [0.1, 0.15) is 5.75 Å². The summed E-state index contributed by atoms with van der Waals surface area (Å²) in [4.78, 5) is 180. The molecule has 3 aromatic heterocycles. The Labute approximate surface area is 659 Å². The summed E-state index contributed by atoms with van der Waals surface area (Å²) in [5.41, 5.74) is 41.2. The first-order valence-corrected chi connectivity index (χ1v) is 39.7. The van der Waals surface area contributed by atoms with Gasteiger partial charge in [-0.15, -0.1) is 0 Å². The standard InChI is InChI=1S/C46H71N17O8.C33H58N4O4/c1-26(16-32-22-54-24-59-32)41(69)61-27(2)37(65)20-30(17-28-9-11-34(64)12-10-28)42(70)62-36(8-5-15-58-46(52)53)39(67)21-31(18-33-23-55-25-60-33)43(71)63-35(7-4-14-57-45(50)51)38(66)19-29(40(47)68)6-3-13-56-44(48)49;1-6-8-9-10-11-12-13-14-15-16-17-18-19-20-31(40)36-28(22-27-23-34-24-35-27)30(39)21-26(5)33(41)37-32(25(3)4)29(38)7-2/h9-12,22-27,29-31,35-36,64H,3-8,13-21H2,1-2H3,(H2,47,68)(H,54,59)(H,55,60)(H,61,69)(H,62,70)(H,63,71)(H4,48,49,56)(H4,50,51,57)(H4,52,53,58);23-26,28,32H,6-22H2,1-5H3,(H,34,35)(H,36,40)(H,37,41)/t26-,27-,29+,30+,31+,35-,36-;26-,28+,32+/m01/s1. The van der Waals surface area contributed by atoms with Gasteiger partial charge in [-0.25, -0.2) is 15.0 Å². The molecule has 0 spiro atoms. The number of aliphatic imine (C=N–C) groups is 3. The maximum atomic E-state index is 14.5. The second-order valence-electron chi connectivity index (χ2n) is 29.6. The van der Waals surface area contributed by atoms with Crippen LogP contribution in [0.1, 0.15) is 232 Å². The van der Waals surface area contributed by atoms with Gasteiger partial charge in [-0.1, -0.05) is 131 Å². The summed E-state index contributed by atoms with van der Waals surface area (Å²) >= 11 is 0. The van der Waals surface area contributed by atoms with Gasteiger partial charge in [0, 0.05) is 137 Å². The van der Waals surface area contributed by atoms with Gasteiger partial charge in [0.15, 0.2) is 46.8 Å². The number of Topliss-reactive ketones (excluding diaryl/α,β-unsaturated/α-hetero) is 5. The number of hydrogen-bond donors (Lipinski definition) is 16. The van der Waals surface area contributed by atoms with Crippen LogP contribution in [0.25, 0.3) is 0 Å². The molecule has 23 N–H and O–H groups in total. The Hall–Kier alpha value is -10.4. The Balaban J connectivity index is 0.000000672. The van der Waals surface area contributed by atoms with Crippen molar-refractivity contribution in [1.29, 1.82) is 0 Å². The Morgan fingerprint density at radius 1 is 0.420 bits per heavy atom. The number of benzene rings is 1. The van der Waals surface area contributed by atoms with E-state index in [4.69, 9.17) is 40.1 Å². The molecular formula is C79H129N21O12. The molecule has 0 fully saturated rings.